The van der Waals surface area contributed by atoms with Crippen molar-refractivity contribution in [3.63, 3.8) is 0 Å². The minimum Gasteiger partial charge on any atom is -0.481 e. The smallest absolute Gasteiger partial charge is 0.317 e. The predicted octanol–water partition coefficient (Wildman–Crippen LogP) is 2.46. The molecule has 0 aromatic heterocycles. The summed E-state index contributed by atoms with van der Waals surface area (Å²) in [4.78, 5) is 24.6. The van der Waals surface area contributed by atoms with E-state index >= 15 is 0 Å². The molecule has 0 bridgehead atoms. The number of hydrogen-bond acceptors (Lipinski definition) is 2. The molecule has 1 saturated carbocycles. The number of urea groups is 1. The van der Waals surface area contributed by atoms with Crippen LogP contribution in [0.3, 0.4) is 0 Å². The molecule has 0 aromatic carbocycles. The maximum atomic E-state index is 12.2. The highest BCUT2D eigenvalue weighted by Crippen LogP contribution is 2.31. The van der Waals surface area contributed by atoms with Crippen LogP contribution in [0.15, 0.2) is 0 Å². The van der Waals surface area contributed by atoms with Crippen molar-refractivity contribution in [3.05, 3.63) is 0 Å². The predicted molar refractivity (Wildman–Crippen MR) is 74.0 cm³/mol. The summed E-state index contributed by atoms with van der Waals surface area (Å²) in [6.07, 6.45) is 3.81. The van der Waals surface area contributed by atoms with E-state index in [1.165, 1.54) is 0 Å². The standard InChI is InChI=1S/C14H26N2O3/c1-4-10(2)11(3)16(12-7-8-12)14(19)15-9-5-6-13(17)18/h10-12H,4-9H2,1-3H3,(H,15,19)(H,17,18). The van der Waals surface area contributed by atoms with Crippen LogP contribution in [0, 0.1) is 5.92 Å². The number of aliphatic carboxylic acids is 1. The van der Waals surface area contributed by atoms with E-state index in [2.05, 4.69) is 26.1 Å². The number of nitrogens with zero attached hydrogens (tertiary/aromatic N) is 1. The molecule has 0 heterocycles. The van der Waals surface area contributed by atoms with Gasteiger partial charge in [0.05, 0.1) is 0 Å². The van der Waals surface area contributed by atoms with Gasteiger partial charge in [-0.05, 0) is 32.1 Å². The van der Waals surface area contributed by atoms with Crippen molar-refractivity contribution in [2.24, 2.45) is 5.92 Å². The summed E-state index contributed by atoms with van der Waals surface area (Å²) < 4.78 is 0. The number of hydrogen-bond donors (Lipinski definition) is 2. The van der Waals surface area contributed by atoms with E-state index in [9.17, 15) is 9.59 Å². The van der Waals surface area contributed by atoms with Gasteiger partial charge in [-0.1, -0.05) is 20.3 Å². The molecule has 1 aliphatic rings. The molecule has 0 radical (unpaired) electrons. The monoisotopic (exact) mass is 270 g/mol. The Balaban J connectivity index is 2.42. The molecule has 110 valence electrons. The third kappa shape index (κ3) is 5.09. The van der Waals surface area contributed by atoms with Gasteiger partial charge in [-0.25, -0.2) is 4.79 Å². The van der Waals surface area contributed by atoms with Crippen LogP contribution in [0.1, 0.15) is 52.9 Å². The molecule has 2 unspecified atom stereocenters. The lowest BCUT2D eigenvalue weighted by atomic mass is 9.99. The van der Waals surface area contributed by atoms with E-state index in [0.717, 1.165) is 19.3 Å². The summed E-state index contributed by atoms with van der Waals surface area (Å²) in [5.74, 6) is -0.341. The Hall–Kier alpha value is -1.26. The fraction of sp³-hybridized carbons (Fsp3) is 0.857. The molecule has 2 amide bonds. The van der Waals surface area contributed by atoms with E-state index in [0.29, 0.717) is 24.9 Å². The average Bonchev–Trinajstić information content (AvgIpc) is 3.18. The number of amides is 2. The van der Waals surface area contributed by atoms with E-state index in [1.807, 2.05) is 4.90 Å². The Labute approximate surface area is 115 Å². The topological polar surface area (TPSA) is 69.6 Å². The molecule has 5 nitrogen and oxygen atoms in total. The van der Waals surface area contributed by atoms with Gasteiger partial charge in [-0.3, -0.25) is 4.79 Å². The first-order valence-corrected chi connectivity index (χ1v) is 7.25. The van der Waals surface area contributed by atoms with Gasteiger partial charge in [-0.2, -0.15) is 0 Å². The summed E-state index contributed by atoms with van der Waals surface area (Å²) in [5, 5.41) is 11.4. The normalized spacial score (nSPS) is 17.6. The molecule has 5 heteroatoms. The lowest BCUT2D eigenvalue weighted by molar-refractivity contribution is -0.137. The van der Waals surface area contributed by atoms with Crippen molar-refractivity contribution in [3.8, 4) is 0 Å². The van der Waals surface area contributed by atoms with Crippen LogP contribution in [-0.2, 0) is 4.79 Å². The van der Waals surface area contributed by atoms with Crippen LogP contribution in [-0.4, -0.2) is 40.6 Å². The van der Waals surface area contributed by atoms with Crippen molar-refractivity contribution < 1.29 is 14.7 Å². The number of carboxylic acids is 1. The van der Waals surface area contributed by atoms with Crippen LogP contribution in [0.25, 0.3) is 0 Å². The Bertz CT molecular complexity index is 316. The van der Waals surface area contributed by atoms with Gasteiger partial charge < -0.3 is 15.3 Å². The second kappa shape index (κ2) is 7.36. The van der Waals surface area contributed by atoms with Gasteiger partial charge in [0, 0.05) is 25.0 Å². The highest BCUT2D eigenvalue weighted by Gasteiger charge is 2.36. The summed E-state index contributed by atoms with van der Waals surface area (Å²) in [6.45, 7) is 6.83. The summed E-state index contributed by atoms with van der Waals surface area (Å²) in [5.41, 5.74) is 0. The first-order valence-electron chi connectivity index (χ1n) is 7.25. The van der Waals surface area contributed by atoms with Gasteiger partial charge in [0.15, 0.2) is 0 Å². The first kappa shape index (κ1) is 15.8. The Morgan fingerprint density at radius 2 is 2.00 bits per heavy atom. The van der Waals surface area contributed by atoms with Crippen molar-refractivity contribution in [1.29, 1.82) is 0 Å². The number of rotatable bonds is 8. The van der Waals surface area contributed by atoms with Gasteiger partial charge in [0.25, 0.3) is 0 Å². The lowest BCUT2D eigenvalue weighted by Gasteiger charge is -2.33. The molecule has 1 rings (SSSR count). The molecule has 1 aliphatic carbocycles. The zero-order chi connectivity index (χ0) is 14.4. The SMILES string of the molecule is CCC(C)C(C)N(C(=O)NCCCC(=O)O)C1CC1. The zero-order valence-electron chi connectivity index (χ0n) is 12.2. The van der Waals surface area contributed by atoms with Crippen LogP contribution in [0.5, 0.6) is 0 Å². The van der Waals surface area contributed by atoms with E-state index in [-0.39, 0.29) is 18.5 Å². The summed E-state index contributed by atoms with van der Waals surface area (Å²) >= 11 is 0. The number of carbonyl (C=O) groups excluding carboxylic acids is 1. The largest absolute Gasteiger partial charge is 0.481 e. The number of carboxylic acid groups (broad SMARTS) is 1. The number of carbonyl (C=O) groups is 2. The molecule has 1 fully saturated rings. The van der Waals surface area contributed by atoms with Crippen molar-refractivity contribution in [2.75, 3.05) is 6.54 Å². The van der Waals surface area contributed by atoms with E-state index in [4.69, 9.17) is 5.11 Å². The molecule has 0 aromatic rings. The second-order valence-corrected chi connectivity index (χ2v) is 5.49. The van der Waals surface area contributed by atoms with Crippen LogP contribution in [0.2, 0.25) is 0 Å². The van der Waals surface area contributed by atoms with Gasteiger partial charge in [0.1, 0.15) is 0 Å². The highest BCUT2D eigenvalue weighted by molar-refractivity contribution is 5.75. The molecule has 0 spiro atoms. The maximum Gasteiger partial charge on any atom is 0.317 e. The second-order valence-electron chi connectivity index (χ2n) is 5.49. The van der Waals surface area contributed by atoms with Gasteiger partial charge >= 0.3 is 12.0 Å². The Morgan fingerprint density at radius 1 is 1.37 bits per heavy atom. The van der Waals surface area contributed by atoms with Crippen molar-refractivity contribution in [1.82, 2.24) is 10.2 Å². The van der Waals surface area contributed by atoms with Crippen molar-refractivity contribution >= 4 is 12.0 Å². The molecule has 2 N–H and O–H groups in total. The highest BCUT2D eigenvalue weighted by atomic mass is 16.4. The minimum absolute atomic E-state index is 0.0410. The van der Waals surface area contributed by atoms with Gasteiger partial charge in [-0.15, -0.1) is 0 Å². The molecular weight excluding hydrogens is 244 g/mol. The van der Waals surface area contributed by atoms with Crippen LogP contribution < -0.4 is 5.32 Å². The van der Waals surface area contributed by atoms with Crippen LogP contribution >= 0.6 is 0 Å². The average molecular weight is 270 g/mol. The first-order chi connectivity index (χ1) is 8.97. The Kier molecular flexibility index (Phi) is 6.12. The molecule has 2 atom stereocenters. The molecule has 0 saturated heterocycles. The zero-order valence-corrected chi connectivity index (χ0v) is 12.2. The Morgan fingerprint density at radius 3 is 2.47 bits per heavy atom. The van der Waals surface area contributed by atoms with E-state index in [1.54, 1.807) is 0 Å². The summed E-state index contributed by atoms with van der Waals surface area (Å²) in [6, 6.07) is 0.570. The lowest BCUT2D eigenvalue weighted by Crippen LogP contribution is -2.48. The fourth-order valence-corrected chi connectivity index (χ4v) is 2.18. The van der Waals surface area contributed by atoms with E-state index < -0.39 is 5.97 Å². The quantitative estimate of drug-likeness (QED) is 0.666. The third-order valence-electron chi connectivity index (χ3n) is 3.92. The maximum absolute atomic E-state index is 12.2. The molecule has 19 heavy (non-hydrogen) atoms. The number of nitrogens with one attached hydrogen (secondary N) is 1. The molecular formula is C14H26N2O3. The molecule has 0 aliphatic heterocycles. The van der Waals surface area contributed by atoms with Crippen LogP contribution in [0.4, 0.5) is 4.79 Å². The van der Waals surface area contributed by atoms with Gasteiger partial charge in [0.2, 0.25) is 0 Å². The van der Waals surface area contributed by atoms with Crippen molar-refractivity contribution in [2.45, 2.75) is 65.0 Å². The fourth-order valence-electron chi connectivity index (χ4n) is 2.18. The summed E-state index contributed by atoms with van der Waals surface area (Å²) in [7, 11) is 0. The minimum atomic E-state index is -0.818. The third-order valence-corrected chi connectivity index (χ3v) is 3.92.